The van der Waals surface area contributed by atoms with E-state index < -0.39 is 16.1 Å². The van der Waals surface area contributed by atoms with Crippen molar-refractivity contribution >= 4 is 27.5 Å². The van der Waals surface area contributed by atoms with Crippen molar-refractivity contribution < 1.29 is 22.7 Å². The molecule has 0 saturated heterocycles. The molecule has 0 aliphatic carbocycles. The second kappa shape index (κ2) is 14.2. The van der Waals surface area contributed by atoms with E-state index in [0.29, 0.717) is 24.3 Å². The summed E-state index contributed by atoms with van der Waals surface area (Å²) in [5, 5.41) is 3.01. The van der Waals surface area contributed by atoms with Gasteiger partial charge in [-0.3, -0.25) is 13.9 Å². The van der Waals surface area contributed by atoms with Gasteiger partial charge < -0.3 is 15.0 Å². The Balaban J connectivity index is 2.25. The maximum Gasteiger partial charge on any atom is 0.243 e. The lowest BCUT2D eigenvalue weighted by Gasteiger charge is -2.32. The Kier molecular flexibility index (Phi) is 11.6. The Bertz CT molecular complexity index is 1160. The number of carbonyl (C=O) groups excluding carboxylic acids is 2. The number of ether oxygens (including phenoxy) is 1. The van der Waals surface area contributed by atoms with Crippen molar-refractivity contribution in [3.8, 4) is 5.75 Å². The predicted molar refractivity (Wildman–Crippen MR) is 153 cm³/mol. The minimum Gasteiger partial charge on any atom is -0.497 e. The van der Waals surface area contributed by atoms with Crippen molar-refractivity contribution in [1.82, 2.24) is 10.2 Å². The Morgan fingerprint density at radius 2 is 1.61 bits per heavy atom. The summed E-state index contributed by atoms with van der Waals surface area (Å²) in [7, 11) is -1.95. The molecule has 0 radical (unpaired) electrons. The minimum absolute atomic E-state index is 0.00408. The number of nitrogens with zero attached hydrogens (tertiary/aromatic N) is 2. The third-order valence-corrected chi connectivity index (χ3v) is 7.74. The molecule has 2 amide bonds. The van der Waals surface area contributed by atoms with E-state index in [1.165, 1.54) is 10.6 Å². The van der Waals surface area contributed by atoms with E-state index in [1.54, 1.807) is 12.0 Å². The van der Waals surface area contributed by atoms with Crippen molar-refractivity contribution in [1.29, 1.82) is 0 Å². The highest BCUT2D eigenvalue weighted by atomic mass is 32.2. The number of sulfonamides is 1. The molecular formula is C29H43N3O5S. The molecule has 2 rings (SSSR count). The summed E-state index contributed by atoms with van der Waals surface area (Å²) in [5.41, 5.74) is 3.40. The molecule has 0 unspecified atom stereocenters. The third-order valence-electron chi connectivity index (χ3n) is 6.55. The average Bonchev–Trinajstić information content (AvgIpc) is 2.85. The Hall–Kier alpha value is -3.07. The van der Waals surface area contributed by atoms with Crippen LogP contribution in [0.1, 0.15) is 63.1 Å². The first kappa shape index (κ1) is 31.1. The van der Waals surface area contributed by atoms with Gasteiger partial charge in [-0.25, -0.2) is 8.42 Å². The SMILES string of the molecule is CC[C@@H](C)NC(=O)[C@@H](CC)N(Cc1ccc(OC)cc1)C(=O)CCCN(c1cc(C)cc(C)c1)S(C)(=O)=O. The summed E-state index contributed by atoms with van der Waals surface area (Å²) in [6.07, 6.45) is 2.85. The largest absolute Gasteiger partial charge is 0.497 e. The van der Waals surface area contributed by atoms with Crippen LogP contribution in [0.3, 0.4) is 0 Å². The van der Waals surface area contributed by atoms with Gasteiger partial charge in [0.1, 0.15) is 11.8 Å². The van der Waals surface area contributed by atoms with Crippen molar-refractivity contribution in [3.63, 3.8) is 0 Å². The van der Waals surface area contributed by atoms with Gasteiger partial charge in [0.05, 0.1) is 19.1 Å². The van der Waals surface area contributed by atoms with Crippen molar-refractivity contribution in [2.45, 2.75) is 78.9 Å². The minimum atomic E-state index is -3.54. The Morgan fingerprint density at radius 1 is 1.00 bits per heavy atom. The van der Waals surface area contributed by atoms with E-state index in [9.17, 15) is 18.0 Å². The lowest BCUT2D eigenvalue weighted by atomic mass is 10.1. The molecule has 1 N–H and O–H groups in total. The zero-order valence-corrected chi connectivity index (χ0v) is 24.6. The molecule has 38 heavy (non-hydrogen) atoms. The van der Waals surface area contributed by atoms with Crippen LogP contribution in [0.2, 0.25) is 0 Å². The average molecular weight is 546 g/mol. The van der Waals surface area contributed by atoms with Gasteiger partial charge in [-0.15, -0.1) is 0 Å². The number of benzene rings is 2. The zero-order valence-electron chi connectivity index (χ0n) is 23.8. The number of carbonyl (C=O) groups is 2. The number of hydrogen-bond acceptors (Lipinski definition) is 5. The van der Waals surface area contributed by atoms with Crippen molar-refractivity contribution in [3.05, 3.63) is 59.2 Å². The molecule has 9 heteroatoms. The third kappa shape index (κ3) is 9.04. The van der Waals surface area contributed by atoms with E-state index in [4.69, 9.17) is 4.74 Å². The highest BCUT2D eigenvalue weighted by molar-refractivity contribution is 7.92. The maximum atomic E-state index is 13.6. The number of nitrogens with one attached hydrogen (secondary N) is 1. The van der Waals surface area contributed by atoms with E-state index in [0.717, 1.165) is 23.1 Å². The van der Waals surface area contributed by atoms with Crippen molar-refractivity contribution in [2.24, 2.45) is 0 Å². The van der Waals surface area contributed by atoms with Gasteiger partial charge in [-0.05, 0) is 81.0 Å². The van der Waals surface area contributed by atoms with Crippen LogP contribution in [0.15, 0.2) is 42.5 Å². The Labute approximate surface area is 228 Å². The van der Waals surface area contributed by atoms with E-state index in [2.05, 4.69) is 5.32 Å². The number of rotatable bonds is 14. The highest BCUT2D eigenvalue weighted by Crippen LogP contribution is 2.23. The molecule has 8 nitrogen and oxygen atoms in total. The van der Waals surface area contributed by atoms with Gasteiger partial charge in [0, 0.05) is 25.6 Å². The van der Waals surface area contributed by atoms with Crippen LogP contribution < -0.4 is 14.4 Å². The standard InChI is InChI=1S/C29H43N3O5S/c1-8-23(5)30-29(34)27(9-2)31(20-24-12-14-26(37-6)15-13-24)28(33)11-10-16-32(38(7,35)36)25-18-21(3)17-22(4)19-25/h12-15,17-19,23,27H,8-11,16,20H2,1-7H3,(H,30,34)/t23-,27-/m1/s1. The van der Waals surface area contributed by atoms with Crippen molar-refractivity contribution in [2.75, 3.05) is 24.2 Å². The molecule has 2 aromatic carbocycles. The van der Waals surface area contributed by atoms with Gasteiger partial charge in [0.25, 0.3) is 0 Å². The number of methoxy groups -OCH3 is 1. The number of aryl methyl sites for hydroxylation is 2. The van der Waals surface area contributed by atoms with E-state index in [1.807, 2.05) is 77.1 Å². The van der Waals surface area contributed by atoms with Gasteiger partial charge in [0.2, 0.25) is 21.8 Å². The lowest BCUT2D eigenvalue weighted by molar-refractivity contribution is -0.141. The number of hydrogen-bond donors (Lipinski definition) is 1. The summed E-state index contributed by atoms with van der Waals surface area (Å²) in [6.45, 7) is 10.1. The zero-order chi connectivity index (χ0) is 28.5. The van der Waals surface area contributed by atoms with Gasteiger partial charge >= 0.3 is 0 Å². The highest BCUT2D eigenvalue weighted by Gasteiger charge is 2.29. The summed E-state index contributed by atoms with van der Waals surface area (Å²) in [4.78, 5) is 28.3. The fourth-order valence-corrected chi connectivity index (χ4v) is 5.34. The van der Waals surface area contributed by atoms with Gasteiger partial charge in [0.15, 0.2) is 0 Å². The molecule has 0 spiro atoms. The first-order chi connectivity index (χ1) is 17.9. The van der Waals surface area contributed by atoms with E-state index >= 15 is 0 Å². The first-order valence-electron chi connectivity index (χ1n) is 13.2. The second-order valence-corrected chi connectivity index (χ2v) is 11.8. The summed E-state index contributed by atoms with van der Waals surface area (Å²) >= 11 is 0. The number of anilines is 1. The smallest absolute Gasteiger partial charge is 0.243 e. The monoisotopic (exact) mass is 545 g/mol. The lowest BCUT2D eigenvalue weighted by Crippen LogP contribution is -2.50. The Morgan fingerprint density at radius 3 is 2.11 bits per heavy atom. The predicted octanol–water partition coefficient (Wildman–Crippen LogP) is 4.58. The van der Waals surface area contributed by atoms with Crippen LogP contribution in [-0.2, 0) is 26.2 Å². The van der Waals surface area contributed by atoms with E-state index in [-0.39, 0.29) is 37.4 Å². The molecule has 210 valence electrons. The molecule has 0 saturated carbocycles. The molecule has 2 aromatic rings. The topological polar surface area (TPSA) is 96.0 Å². The molecule has 0 aliphatic rings. The molecule has 0 aliphatic heterocycles. The van der Waals surface area contributed by atoms with Crippen LogP contribution in [0.5, 0.6) is 5.75 Å². The maximum absolute atomic E-state index is 13.6. The molecule has 0 fully saturated rings. The van der Waals surface area contributed by atoms with Crippen LogP contribution in [0.4, 0.5) is 5.69 Å². The van der Waals surface area contributed by atoms with Crippen LogP contribution in [-0.4, -0.2) is 57.1 Å². The van der Waals surface area contributed by atoms with Gasteiger partial charge in [-0.2, -0.15) is 0 Å². The fraction of sp³-hybridized carbons (Fsp3) is 0.517. The molecule has 0 bridgehead atoms. The number of amides is 2. The quantitative estimate of drug-likeness (QED) is 0.375. The van der Waals surface area contributed by atoms with Gasteiger partial charge in [-0.1, -0.05) is 32.0 Å². The summed E-state index contributed by atoms with van der Waals surface area (Å²) < 4.78 is 31.8. The second-order valence-electron chi connectivity index (χ2n) is 9.90. The van der Waals surface area contributed by atoms with Crippen LogP contribution in [0.25, 0.3) is 0 Å². The van der Waals surface area contributed by atoms with Crippen LogP contribution >= 0.6 is 0 Å². The molecule has 2 atom stereocenters. The molecular weight excluding hydrogens is 502 g/mol. The summed E-state index contributed by atoms with van der Waals surface area (Å²) in [5.74, 6) is 0.331. The van der Waals surface area contributed by atoms with Crippen LogP contribution in [0, 0.1) is 13.8 Å². The normalized spacial score (nSPS) is 12.9. The molecule has 0 heterocycles. The first-order valence-corrected chi connectivity index (χ1v) is 15.0. The summed E-state index contributed by atoms with van der Waals surface area (Å²) in [6, 6.07) is 12.4. The molecule has 0 aromatic heterocycles. The fourth-order valence-electron chi connectivity index (χ4n) is 4.39.